The summed E-state index contributed by atoms with van der Waals surface area (Å²) >= 11 is 0. The van der Waals surface area contributed by atoms with Crippen molar-refractivity contribution in [3.8, 4) is 5.88 Å². The van der Waals surface area contributed by atoms with E-state index in [4.69, 9.17) is 14.6 Å². The normalized spacial score (nSPS) is 25.3. The molecule has 2 amide bonds. The molecule has 10 heteroatoms. The lowest BCUT2D eigenvalue weighted by Crippen LogP contribution is -2.43. The van der Waals surface area contributed by atoms with Crippen molar-refractivity contribution in [1.82, 2.24) is 9.78 Å². The Morgan fingerprint density at radius 2 is 2.22 bits per heavy atom. The lowest BCUT2D eigenvalue weighted by atomic mass is 9.96. The zero-order valence-corrected chi connectivity index (χ0v) is 19.5. The molecular weight excluding hydrogens is 430 g/mol. The Morgan fingerprint density at radius 3 is 3.00 bits per heavy atom. The van der Waals surface area contributed by atoms with E-state index in [9.17, 15) is 9.00 Å². The van der Waals surface area contributed by atoms with Crippen molar-refractivity contribution >= 4 is 21.6 Å². The van der Waals surface area contributed by atoms with Gasteiger partial charge in [0.25, 0.3) is 0 Å². The van der Waals surface area contributed by atoms with Gasteiger partial charge >= 0.3 is 6.03 Å². The number of fused-ring (bicyclic) bond motifs is 3. The van der Waals surface area contributed by atoms with Crippen LogP contribution in [0.2, 0.25) is 0 Å². The number of methoxy groups -OCH3 is 1. The van der Waals surface area contributed by atoms with Gasteiger partial charge < -0.3 is 14.8 Å². The van der Waals surface area contributed by atoms with Gasteiger partial charge in [0.05, 0.1) is 12.7 Å². The second-order valence-corrected chi connectivity index (χ2v) is 11.0. The Kier molecular flexibility index (Phi) is 5.06. The number of urea groups is 1. The SMILES string of the molecule is COC1(C)COc2c(S(N)(=O)=NC(=O)Nc3c4c(cc5c3CCC5C)CCC4)cnn2C1. The lowest BCUT2D eigenvalue weighted by molar-refractivity contribution is -0.0654. The summed E-state index contributed by atoms with van der Waals surface area (Å²) in [6, 6.07) is 1.59. The molecule has 172 valence electrons. The van der Waals surface area contributed by atoms with Gasteiger partial charge in [-0.05, 0) is 67.2 Å². The number of carbonyl (C=O) groups excluding carboxylic acids is 1. The van der Waals surface area contributed by atoms with Crippen molar-refractivity contribution in [2.45, 2.75) is 68.9 Å². The minimum atomic E-state index is -3.55. The number of aromatic nitrogens is 2. The third-order valence-electron chi connectivity index (χ3n) is 6.92. The number of nitrogens with two attached hydrogens (primary N) is 1. The molecule has 2 aliphatic carbocycles. The maximum atomic E-state index is 13.3. The summed E-state index contributed by atoms with van der Waals surface area (Å²) in [6.45, 7) is 4.78. The minimum absolute atomic E-state index is 0.114. The zero-order chi connectivity index (χ0) is 22.7. The highest BCUT2D eigenvalue weighted by molar-refractivity contribution is 7.91. The molecule has 3 aliphatic rings. The predicted octanol–water partition coefficient (Wildman–Crippen LogP) is 3.15. The van der Waals surface area contributed by atoms with Crippen LogP contribution in [0.4, 0.5) is 10.5 Å². The monoisotopic (exact) mass is 459 g/mol. The molecule has 2 aromatic rings. The van der Waals surface area contributed by atoms with Gasteiger partial charge in [0.1, 0.15) is 17.1 Å². The fourth-order valence-electron chi connectivity index (χ4n) is 5.01. The van der Waals surface area contributed by atoms with E-state index in [1.807, 2.05) is 6.92 Å². The van der Waals surface area contributed by atoms with E-state index >= 15 is 0 Å². The van der Waals surface area contributed by atoms with Crippen LogP contribution in [0.25, 0.3) is 0 Å². The van der Waals surface area contributed by atoms with E-state index < -0.39 is 21.5 Å². The number of nitrogens with one attached hydrogen (secondary N) is 1. The summed E-state index contributed by atoms with van der Waals surface area (Å²) in [5.41, 5.74) is 5.24. The average molecular weight is 460 g/mol. The maximum Gasteiger partial charge on any atom is 0.354 e. The summed E-state index contributed by atoms with van der Waals surface area (Å²) in [7, 11) is -1.95. The summed E-state index contributed by atoms with van der Waals surface area (Å²) in [4.78, 5) is 13.0. The first-order chi connectivity index (χ1) is 15.2. The van der Waals surface area contributed by atoms with E-state index in [1.165, 1.54) is 28.5 Å². The second-order valence-electron chi connectivity index (χ2n) is 9.25. The topological polar surface area (TPSA) is 121 Å². The van der Waals surface area contributed by atoms with Crippen LogP contribution in [0.3, 0.4) is 0 Å². The van der Waals surface area contributed by atoms with Gasteiger partial charge in [0.15, 0.2) is 9.92 Å². The molecule has 3 atom stereocenters. The second kappa shape index (κ2) is 7.57. The Hall–Kier alpha value is -2.43. The molecule has 9 nitrogen and oxygen atoms in total. The number of rotatable bonds is 3. The number of benzene rings is 1. The van der Waals surface area contributed by atoms with Gasteiger partial charge in [-0.15, -0.1) is 4.36 Å². The van der Waals surface area contributed by atoms with Gasteiger partial charge in [-0.25, -0.2) is 18.8 Å². The third-order valence-corrected chi connectivity index (χ3v) is 8.26. The first-order valence-corrected chi connectivity index (χ1v) is 12.6. The number of ether oxygens (including phenoxy) is 2. The molecule has 3 N–H and O–H groups in total. The van der Waals surface area contributed by atoms with Gasteiger partial charge in [0, 0.05) is 12.8 Å². The number of aryl methyl sites for hydroxylation is 1. The first kappa shape index (κ1) is 21.4. The van der Waals surface area contributed by atoms with Crippen LogP contribution in [-0.2, 0) is 40.5 Å². The number of hydrogen-bond acceptors (Lipinski definition) is 5. The Morgan fingerprint density at radius 1 is 1.41 bits per heavy atom. The summed E-state index contributed by atoms with van der Waals surface area (Å²) in [5.74, 6) is 0.731. The fraction of sp³-hybridized carbons (Fsp3) is 0.545. The van der Waals surface area contributed by atoms with Crippen LogP contribution in [0.5, 0.6) is 5.88 Å². The average Bonchev–Trinajstić information content (AvgIpc) is 3.46. The van der Waals surface area contributed by atoms with E-state index in [0.29, 0.717) is 12.5 Å². The van der Waals surface area contributed by atoms with Crippen LogP contribution in [0.1, 0.15) is 54.9 Å². The van der Waals surface area contributed by atoms with Crippen LogP contribution in [-0.4, -0.2) is 39.3 Å². The smallest absolute Gasteiger partial charge is 0.354 e. The molecule has 0 saturated carbocycles. The standard InChI is InChI=1S/C22H29N5O4S/c1-13-7-8-16-17(13)9-14-5-4-6-15(14)19(16)25-21(28)26-32(23,29)18-10-24-27-11-22(2,30-3)12-31-20(18)27/h9-10,13H,4-8,11-12H2,1-3H3,(H3,23,25,26,28,29). The quantitative estimate of drug-likeness (QED) is 0.730. The maximum absolute atomic E-state index is 13.3. The minimum Gasteiger partial charge on any atom is -0.474 e. The van der Waals surface area contributed by atoms with Crippen LogP contribution in [0.15, 0.2) is 21.5 Å². The van der Waals surface area contributed by atoms with E-state index in [-0.39, 0.29) is 17.4 Å². The first-order valence-electron chi connectivity index (χ1n) is 11.0. The number of nitrogens with zero attached hydrogens (tertiary/aromatic N) is 3. The molecule has 1 aliphatic heterocycles. The highest BCUT2D eigenvalue weighted by Gasteiger charge is 2.35. The Balaban J connectivity index is 1.46. The predicted molar refractivity (Wildman–Crippen MR) is 120 cm³/mol. The van der Waals surface area contributed by atoms with Crippen molar-refractivity contribution in [3.05, 3.63) is 34.5 Å². The molecule has 1 aromatic carbocycles. The van der Waals surface area contributed by atoms with Gasteiger partial charge in [-0.1, -0.05) is 13.0 Å². The van der Waals surface area contributed by atoms with Gasteiger partial charge in [-0.2, -0.15) is 5.10 Å². The lowest BCUT2D eigenvalue weighted by Gasteiger charge is -2.32. The van der Waals surface area contributed by atoms with E-state index in [0.717, 1.165) is 37.8 Å². The van der Waals surface area contributed by atoms with E-state index in [1.54, 1.807) is 11.8 Å². The van der Waals surface area contributed by atoms with E-state index in [2.05, 4.69) is 27.8 Å². The molecule has 32 heavy (non-hydrogen) atoms. The molecule has 2 heterocycles. The molecule has 0 radical (unpaired) electrons. The highest BCUT2D eigenvalue weighted by atomic mass is 32.2. The number of amides is 2. The van der Waals surface area contributed by atoms with Crippen LogP contribution < -0.4 is 15.2 Å². The van der Waals surface area contributed by atoms with Crippen LogP contribution >= 0.6 is 0 Å². The van der Waals surface area contributed by atoms with Crippen LogP contribution in [0, 0.1) is 0 Å². The van der Waals surface area contributed by atoms with Crippen molar-refractivity contribution < 1.29 is 18.5 Å². The summed E-state index contributed by atoms with van der Waals surface area (Å²) in [6.07, 6.45) is 6.35. The Bertz CT molecular complexity index is 1230. The largest absolute Gasteiger partial charge is 0.474 e. The van der Waals surface area contributed by atoms with Gasteiger partial charge in [0.2, 0.25) is 5.88 Å². The summed E-state index contributed by atoms with van der Waals surface area (Å²) in [5, 5.41) is 13.2. The third kappa shape index (κ3) is 3.50. The molecule has 1 aromatic heterocycles. The fourth-order valence-corrected chi connectivity index (χ4v) is 6.02. The number of hydrogen-bond donors (Lipinski definition) is 2. The molecule has 0 saturated heterocycles. The molecule has 3 unspecified atom stereocenters. The zero-order valence-electron chi connectivity index (χ0n) is 18.6. The summed E-state index contributed by atoms with van der Waals surface area (Å²) < 4.78 is 29.9. The van der Waals surface area contributed by atoms with Crippen molar-refractivity contribution in [2.75, 3.05) is 19.0 Å². The van der Waals surface area contributed by atoms with Crippen molar-refractivity contribution in [3.63, 3.8) is 0 Å². The molecule has 0 spiro atoms. The van der Waals surface area contributed by atoms with Gasteiger partial charge in [-0.3, -0.25) is 0 Å². The Labute approximate surface area is 188 Å². The number of anilines is 1. The highest BCUT2D eigenvalue weighted by Crippen LogP contribution is 2.43. The van der Waals surface area contributed by atoms with Crippen molar-refractivity contribution in [1.29, 1.82) is 0 Å². The molecule has 0 fully saturated rings. The number of carbonyl (C=O) groups is 1. The molecule has 5 rings (SSSR count). The molecular formula is C22H29N5O4S. The molecule has 0 bridgehead atoms. The van der Waals surface area contributed by atoms with Crippen molar-refractivity contribution in [2.24, 2.45) is 9.50 Å².